The Balaban J connectivity index is 1.68. The molecule has 3 saturated carbocycles. The number of ketones is 1. The molecule has 0 amide bonds. The number of carbonyl (C=O) groups is 2. The number of rotatable bonds is 2. The highest BCUT2D eigenvalue weighted by Crippen LogP contribution is 2.66. The van der Waals surface area contributed by atoms with Gasteiger partial charge in [-0.05, 0) is 79.1 Å². The first kappa shape index (κ1) is 17.5. The maximum atomic E-state index is 11.9. The van der Waals surface area contributed by atoms with Crippen molar-refractivity contribution in [3.63, 3.8) is 0 Å². The normalized spacial score (nSPS) is 50.3. The van der Waals surface area contributed by atoms with Gasteiger partial charge < -0.3 is 9.90 Å². The minimum absolute atomic E-state index is 0.00800. The Kier molecular flexibility index (Phi) is 4.03. The van der Waals surface area contributed by atoms with Gasteiger partial charge in [0.25, 0.3) is 0 Å². The Labute approximate surface area is 151 Å². The average molecular weight is 344 g/mol. The van der Waals surface area contributed by atoms with Gasteiger partial charge in [0.15, 0.2) is 5.78 Å². The van der Waals surface area contributed by atoms with Crippen molar-refractivity contribution in [2.75, 3.05) is 0 Å². The van der Waals surface area contributed by atoms with E-state index in [2.05, 4.69) is 20.8 Å². The largest absolute Gasteiger partial charge is 0.393 e. The van der Waals surface area contributed by atoms with Gasteiger partial charge in [0.05, 0.1) is 6.10 Å². The molecule has 0 radical (unpaired) electrons. The van der Waals surface area contributed by atoms with Gasteiger partial charge in [0, 0.05) is 12.3 Å². The lowest BCUT2D eigenvalue weighted by Crippen LogP contribution is -2.55. The molecule has 0 aromatic rings. The molecular weight excluding hydrogens is 312 g/mol. The summed E-state index contributed by atoms with van der Waals surface area (Å²) in [4.78, 5) is 23.2. The Hall–Kier alpha value is -0.960. The Morgan fingerprint density at radius 1 is 1.28 bits per heavy atom. The summed E-state index contributed by atoms with van der Waals surface area (Å²) in [5.41, 5.74) is 1.46. The molecule has 0 aromatic carbocycles. The number of aliphatic hydroxyl groups is 1. The molecular formula is C22H32O3. The molecule has 0 bridgehead atoms. The SMILES string of the molecule is CC(C=O)C1CC2C3CCC4=CC(=O)CCC4(C)C3C(O)CC2(C)C1. The van der Waals surface area contributed by atoms with E-state index in [1.165, 1.54) is 5.57 Å². The van der Waals surface area contributed by atoms with Gasteiger partial charge >= 0.3 is 0 Å². The molecule has 3 fully saturated rings. The monoisotopic (exact) mass is 344 g/mol. The van der Waals surface area contributed by atoms with E-state index in [9.17, 15) is 14.7 Å². The minimum Gasteiger partial charge on any atom is -0.393 e. The van der Waals surface area contributed by atoms with Crippen molar-refractivity contribution in [3.05, 3.63) is 11.6 Å². The summed E-state index contributed by atoms with van der Waals surface area (Å²) in [6, 6.07) is 0. The van der Waals surface area contributed by atoms with Crippen molar-refractivity contribution in [1.29, 1.82) is 0 Å². The van der Waals surface area contributed by atoms with Crippen LogP contribution in [0.2, 0.25) is 0 Å². The fourth-order valence-corrected chi connectivity index (χ4v) is 7.34. The molecule has 1 N–H and O–H groups in total. The molecule has 8 unspecified atom stereocenters. The summed E-state index contributed by atoms with van der Waals surface area (Å²) in [5, 5.41) is 11.2. The second kappa shape index (κ2) is 5.77. The van der Waals surface area contributed by atoms with Gasteiger partial charge in [-0.15, -0.1) is 0 Å². The molecule has 4 rings (SSSR count). The molecule has 138 valence electrons. The summed E-state index contributed by atoms with van der Waals surface area (Å²) < 4.78 is 0. The van der Waals surface area contributed by atoms with Crippen molar-refractivity contribution >= 4 is 12.1 Å². The van der Waals surface area contributed by atoms with Crippen LogP contribution < -0.4 is 0 Å². The number of hydrogen-bond donors (Lipinski definition) is 1. The van der Waals surface area contributed by atoms with E-state index in [4.69, 9.17) is 0 Å². The summed E-state index contributed by atoms with van der Waals surface area (Å²) in [5.74, 6) is 2.29. The van der Waals surface area contributed by atoms with Crippen LogP contribution in [0.5, 0.6) is 0 Å². The molecule has 4 aliphatic carbocycles. The van der Waals surface area contributed by atoms with Gasteiger partial charge in [0.1, 0.15) is 6.29 Å². The quantitative estimate of drug-likeness (QED) is 0.772. The zero-order chi connectivity index (χ0) is 18.0. The summed E-state index contributed by atoms with van der Waals surface area (Å²) >= 11 is 0. The first-order chi connectivity index (χ1) is 11.8. The lowest BCUT2D eigenvalue weighted by atomic mass is 9.46. The van der Waals surface area contributed by atoms with Crippen LogP contribution in [0.1, 0.15) is 65.7 Å². The summed E-state index contributed by atoms with van der Waals surface area (Å²) in [7, 11) is 0. The van der Waals surface area contributed by atoms with Gasteiger partial charge in [0.2, 0.25) is 0 Å². The zero-order valence-corrected chi connectivity index (χ0v) is 15.8. The third-order valence-corrected chi connectivity index (χ3v) is 8.65. The smallest absolute Gasteiger partial charge is 0.155 e. The van der Waals surface area contributed by atoms with E-state index in [-0.39, 0.29) is 34.6 Å². The minimum atomic E-state index is -0.279. The molecule has 8 atom stereocenters. The van der Waals surface area contributed by atoms with E-state index < -0.39 is 0 Å². The molecule has 0 aromatic heterocycles. The lowest BCUT2D eigenvalue weighted by Gasteiger charge is -2.59. The molecule has 0 spiro atoms. The fourth-order valence-electron chi connectivity index (χ4n) is 7.34. The van der Waals surface area contributed by atoms with Gasteiger partial charge in [-0.25, -0.2) is 0 Å². The second-order valence-corrected chi connectivity index (χ2v) is 10.0. The predicted octanol–water partition coefficient (Wildman–Crippen LogP) is 3.94. The fraction of sp³-hybridized carbons (Fsp3) is 0.818. The summed E-state index contributed by atoms with van der Waals surface area (Å²) in [6.07, 6.45) is 9.44. The third-order valence-electron chi connectivity index (χ3n) is 8.65. The second-order valence-electron chi connectivity index (χ2n) is 10.0. The molecule has 25 heavy (non-hydrogen) atoms. The number of fused-ring (bicyclic) bond motifs is 5. The zero-order valence-electron chi connectivity index (χ0n) is 15.8. The van der Waals surface area contributed by atoms with Crippen LogP contribution >= 0.6 is 0 Å². The van der Waals surface area contributed by atoms with Crippen LogP contribution in [-0.4, -0.2) is 23.3 Å². The Morgan fingerprint density at radius 2 is 2.04 bits per heavy atom. The number of hydrogen-bond acceptors (Lipinski definition) is 3. The van der Waals surface area contributed by atoms with Crippen LogP contribution in [0.15, 0.2) is 11.6 Å². The van der Waals surface area contributed by atoms with Crippen LogP contribution in [0.25, 0.3) is 0 Å². The van der Waals surface area contributed by atoms with Crippen LogP contribution in [0, 0.1) is 40.4 Å². The maximum absolute atomic E-state index is 11.9. The molecule has 0 heterocycles. The Morgan fingerprint density at radius 3 is 2.76 bits per heavy atom. The van der Waals surface area contributed by atoms with Crippen molar-refractivity contribution in [2.24, 2.45) is 40.4 Å². The van der Waals surface area contributed by atoms with Crippen molar-refractivity contribution in [2.45, 2.75) is 71.8 Å². The first-order valence-electron chi connectivity index (χ1n) is 10.2. The molecule has 0 saturated heterocycles. The van der Waals surface area contributed by atoms with Crippen molar-refractivity contribution in [1.82, 2.24) is 0 Å². The predicted molar refractivity (Wildman–Crippen MR) is 96.8 cm³/mol. The average Bonchev–Trinajstić information content (AvgIpc) is 2.91. The highest BCUT2D eigenvalue weighted by molar-refractivity contribution is 5.91. The highest BCUT2D eigenvalue weighted by Gasteiger charge is 2.61. The molecule has 3 heteroatoms. The Bertz CT molecular complexity index is 623. The van der Waals surface area contributed by atoms with Crippen LogP contribution in [0.3, 0.4) is 0 Å². The number of allylic oxidation sites excluding steroid dienone is 1. The number of aldehydes is 1. The highest BCUT2D eigenvalue weighted by atomic mass is 16.3. The molecule has 0 aliphatic heterocycles. The molecule has 3 nitrogen and oxygen atoms in total. The van der Waals surface area contributed by atoms with Crippen LogP contribution in [0.4, 0.5) is 0 Å². The van der Waals surface area contributed by atoms with E-state index in [1.807, 2.05) is 6.08 Å². The van der Waals surface area contributed by atoms with Crippen molar-refractivity contribution < 1.29 is 14.7 Å². The van der Waals surface area contributed by atoms with E-state index in [0.29, 0.717) is 24.2 Å². The lowest BCUT2D eigenvalue weighted by molar-refractivity contribution is -0.127. The first-order valence-corrected chi connectivity index (χ1v) is 10.2. The van der Waals surface area contributed by atoms with Gasteiger partial charge in [-0.1, -0.05) is 26.3 Å². The van der Waals surface area contributed by atoms with Gasteiger partial charge in [-0.2, -0.15) is 0 Å². The van der Waals surface area contributed by atoms with Crippen LogP contribution in [-0.2, 0) is 9.59 Å². The van der Waals surface area contributed by atoms with E-state index >= 15 is 0 Å². The molecule has 4 aliphatic rings. The van der Waals surface area contributed by atoms with E-state index in [1.54, 1.807) is 0 Å². The summed E-state index contributed by atoms with van der Waals surface area (Å²) in [6.45, 7) is 6.71. The topological polar surface area (TPSA) is 54.4 Å². The standard InChI is InChI=1S/C22H32O3/c1-13(12-23)14-8-18-17-5-4-15-9-16(24)6-7-22(15,3)20(17)19(25)11-21(18,2)10-14/h9,12-14,17-20,25H,4-8,10-11H2,1-3H3. The van der Waals surface area contributed by atoms with Crippen molar-refractivity contribution in [3.8, 4) is 0 Å². The number of carbonyl (C=O) groups excluding carboxylic acids is 2. The number of aliphatic hydroxyl groups excluding tert-OH is 1. The third kappa shape index (κ3) is 2.49. The van der Waals surface area contributed by atoms with Gasteiger partial charge in [-0.3, -0.25) is 4.79 Å². The maximum Gasteiger partial charge on any atom is 0.155 e. The van der Waals surface area contributed by atoms with E-state index in [0.717, 1.165) is 44.8 Å².